The largest absolute Gasteiger partial charge is 0.450 e. The van der Waals surface area contributed by atoms with Crippen LogP contribution in [0.15, 0.2) is 18.2 Å². The first-order chi connectivity index (χ1) is 12.2. The van der Waals surface area contributed by atoms with E-state index in [0.717, 1.165) is 57.8 Å². The lowest BCUT2D eigenvalue weighted by molar-refractivity contribution is 0.0983. The smallest absolute Gasteiger partial charge is 0.409 e. The number of ether oxygens (including phenoxy) is 1. The van der Waals surface area contributed by atoms with Crippen LogP contribution in [0.3, 0.4) is 0 Å². The van der Waals surface area contributed by atoms with Crippen molar-refractivity contribution in [1.82, 2.24) is 9.80 Å². The van der Waals surface area contributed by atoms with Gasteiger partial charge in [0.05, 0.1) is 6.61 Å². The summed E-state index contributed by atoms with van der Waals surface area (Å²) in [5.41, 5.74) is 2.31. The predicted octanol–water partition coefficient (Wildman–Crippen LogP) is 2.27. The molecule has 0 bridgehead atoms. The number of hydrogen-bond donors (Lipinski definition) is 1. The number of nitrogens with zero attached hydrogens (tertiary/aromatic N) is 3. The number of likely N-dealkylation sites (tertiary alicyclic amines) is 1. The summed E-state index contributed by atoms with van der Waals surface area (Å²) >= 11 is 0. The Kier molecular flexibility index (Phi) is 6.02. The molecule has 0 aliphatic carbocycles. The number of benzene rings is 1. The van der Waals surface area contributed by atoms with Gasteiger partial charge in [-0.25, -0.2) is 4.79 Å². The van der Waals surface area contributed by atoms with Crippen molar-refractivity contribution in [1.29, 1.82) is 0 Å². The van der Waals surface area contributed by atoms with Crippen molar-refractivity contribution in [2.45, 2.75) is 25.8 Å². The van der Waals surface area contributed by atoms with Gasteiger partial charge in [-0.05, 0) is 38.9 Å². The van der Waals surface area contributed by atoms with E-state index in [2.05, 4.69) is 40.4 Å². The Morgan fingerprint density at radius 1 is 1.24 bits per heavy atom. The molecule has 3 rings (SSSR count). The predicted molar refractivity (Wildman–Crippen MR) is 100 cm³/mol. The Balaban J connectivity index is 1.52. The fourth-order valence-electron chi connectivity index (χ4n) is 3.44. The highest BCUT2D eigenvalue weighted by Crippen LogP contribution is 2.23. The Morgan fingerprint density at radius 3 is 2.64 bits per heavy atom. The third-order valence-corrected chi connectivity index (χ3v) is 5.03. The fraction of sp³-hybridized carbons (Fsp3) is 0.632. The van der Waals surface area contributed by atoms with Crippen molar-refractivity contribution in [2.24, 2.45) is 0 Å². The molecular weight excluding hydrogens is 316 g/mol. The van der Waals surface area contributed by atoms with Gasteiger partial charge < -0.3 is 24.8 Å². The molecule has 1 aromatic rings. The zero-order chi connectivity index (χ0) is 17.6. The molecule has 2 saturated heterocycles. The van der Waals surface area contributed by atoms with E-state index in [1.807, 2.05) is 13.0 Å². The highest BCUT2D eigenvalue weighted by atomic mass is 16.6. The van der Waals surface area contributed by atoms with E-state index in [-0.39, 0.29) is 6.09 Å². The fourth-order valence-corrected chi connectivity index (χ4v) is 3.44. The summed E-state index contributed by atoms with van der Waals surface area (Å²) in [5.74, 6) is 0. The number of carbonyl (C=O) groups is 1. The molecular formula is C19H29N4O2. The number of hydrogen-bond acceptors (Lipinski definition) is 5. The number of carbonyl (C=O) groups excluding carboxylic acids is 1. The van der Waals surface area contributed by atoms with Gasteiger partial charge in [-0.1, -0.05) is 6.07 Å². The van der Waals surface area contributed by atoms with Crippen molar-refractivity contribution in [3.8, 4) is 0 Å². The minimum absolute atomic E-state index is 0.190. The van der Waals surface area contributed by atoms with Gasteiger partial charge in [0.15, 0.2) is 0 Å². The minimum atomic E-state index is -0.190. The first-order valence-electron chi connectivity index (χ1n) is 9.29. The van der Waals surface area contributed by atoms with Crippen LogP contribution in [0.5, 0.6) is 0 Å². The van der Waals surface area contributed by atoms with Gasteiger partial charge in [0.25, 0.3) is 0 Å². The number of rotatable bonds is 4. The normalized spacial score (nSPS) is 19.8. The van der Waals surface area contributed by atoms with Crippen LogP contribution < -0.4 is 10.2 Å². The Hall–Kier alpha value is -1.95. The maximum Gasteiger partial charge on any atom is 0.409 e. The summed E-state index contributed by atoms with van der Waals surface area (Å²) in [5, 5.41) is 3.59. The van der Waals surface area contributed by atoms with Crippen LogP contribution in [-0.2, 0) is 4.74 Å². The van der Waals surface area contributed by atoms with Gasteiger partial charge in [-0.3, -0.25) is 0 Å². The van der Waals surface area contributed by atoms with E-state index < -0.39 is 0 Å². The molecule has 137 valence electrons. The van der Waals surface area contributed by atoms with Gasteiger partial charge in [0.1, 0.15) is 0 Å². The molecule has 2 fully saturated rings. The maximum atomic E-state index is 11.8. The number of anilines is 2. The summed E-state index contributed by atoms with van der Waals surface area (Å²) in [4.78, 5) is 18.4. The average molecular weight is 345 g/mol. The SMILES string of the molecule is CCOC(=O)N1CCC(Nc2[c]ccc(N3CCN(C)CC3)c2)CC1. The van der Waals surface area contributed by atoms with Gasteiger partial charge in [-0.2, -0.15) is 0 Å². The summed E-state index contributed by atoms with van der Waals surface area (Å²) < 4.78 is 5.08. The lowest BCUT2D eigenvalue weighted by atomic mass is 10.0. The molecule has 25 heavy (non-hydrogen) atoms. The summed E-state index contributed by atoms with van der Waals surface area (Å²) in [7, 11) is 2.17. The van der Waals surface area contributed by atoms with Gasteiger partial charge in [0.2, 0.25) is 0 Å². The Labute approximate surface area is 150 Å². The van der Waals surface area contributed by atoms with Crippen LogP contribution in [-0.4, -0.2) is 74.9 Å². The molecule has 2 aliphatic rings. The molecule has 1 amide bonds. The first kappa shape index (κ1) is 17.9. The quantitative estimate of drug-likeness (QED) is 0.907. The van der Waals surface area contributed by atoms with E-state index in [0.29, 0.717) is 12.6 Å². The molecule has 6 nitrogen and oxygen atoms in total. The highest BCUT2D eigenvalue weighted by molar-refractivity contribution is 5.67. The first-order valence-corrected chi connectivity index (χ1v) is 9.29. The minimum Gasteiger partial charge on any atom is -0.450 e. The topological polar surface area (TPSA) is 48.1 Å². The van der Waals surface area contributed by atoms with E-state index >= 15 is 0 Å². The zero-order valence-electron chi connectivity index (χ0n) is 15.3. The molecule has 0 atom stereocenters. The number of nitrogens with one attached hydrogen (secondary N) is 1. The van der Waals surface area contributed by atoms with E-state index in [1.54, 1.807) is 4.90 Å². The molecule has 0 unspecified atom stereocenters. The average Bonchev–Trinajstić information content (AvgIpc) is 2.63. The highest BCUT2D eigenvalue weighted by Gasteiger charge is 2.23. The molecule has 1 N–H and O–H groups in total. The second-order valence-electron chi connectivity index (χ2n) is 6.86. The van der Waals surface area contributed by atoms with E-state index in [9.17, 15) is 4.79 Å². The molecule has 6 heteroatoms. The molecule has 0 aromatic heterocycles. The second-order valence-corrected chi connectivity index (χ2v) is 6.86. The van der Waals surface area contributed by atoms with E-state index in [1.165, 1.54) is 5.69 Å². The standard InChI is InChI=1S/C19H29N4O2/c1-3-25-19(24)23-9-7-16(8-10-23)20-17-5-4-6-18(15-17)22-13-11-21(2)12-14-22/h4,6,15-16,20H,3,7-14H2,1-2H3. The molecule has 2 heterocycles. The summed E-state index contributed by atoms with van der Waals surface area (Å²) in [6.45, 7) is 8.11. The second kappa shape index (κ2) is 8.43. The lowest BCUT2D eigenvalue weighted by Gasteiger charge is -2.35. The number of amides is 1. The van der Waals surface area contributed by atoms with Gasteiger partial charge >= 0.3 is 6.09 Å². The number of piperazine rings is 1. The van der Waals surface area contributed by atoms with Gasteiger partial charge in [-0.15, -0.1) is 0 Å². The zero-order valence-corrected chi connectivity index (χ0v) is 15.3. The third-order valence-electron chi connectivity index (χ3n) is 5.03. The number of piperidine rings is 1. The molecule has 0 spiro atoms. The third kappa shape index (κ3) is 4.78. The molecule has 2 aliphatic heterocycles. The van der Waals surface area contributed by atoms with E-state index in [4.69, 9.17) is 4.74 Å². The Bertz CT molecular complexity index is 564. The van der Waals surface area contributed by atoms with Crippen molar-refractivity contribution >= 4 is 17.5 Å². The lowest BCUT2D eigenvalue weighted by Crippen LogP contribution is -2.44. The summed E-state index contributed by atoms with van der Waals surface area (Å²) in [6, 6.07) is 10.0. The van der Waals surface area contributed by atoms with Crippen LogP contribution >= 0.6 is 0 Å². The van der Waals surface area contributed by atoms with Crippen LogP contribution in [0.2, 0.25) is 0 Å². The molecule has 0 saturated carbocycles. The number of likely N-dealkylation sites (N-methyl/N-ethyl adjacent to an activating group) is 1. The maximum absolute atomic E-state index is 11.8. The van der Waals surface area contributed by atoms with Gasteiger partial charge in [0, 0.05) is 62.8 Å². The van der Waals surface area contributed by atoms with Crippen molar-refractivity contribution in [2.75, 3.05) is 63.1 Å². The Morgan fingerprint density at radius 2 is 1.96 bits per heavy atom. The van der Waals surface area contributed by atoms with Crippen molar-refractivity contribution < 1.29 is 9.53 Å². The molecule has 1 aromatic carbocycles. The molecule has 1 radical (unpaired) electrons. The van der Waals surface area contributed by atoms with Crippen molar-refractivity contribution in [3.63, 3.8) is 0 Å². The van der Waals surface area contributed by atoms with Crippen molar-refractivity contribution in [3.05, 3.63) is 24.3 Å². The summed E-state index contributed by atoms with van der Waals surface area (Å²) in [6.07, 6.45) is 1.68. The van der Waals surface area contributed by atoms with Crippen LogP contribution in [0.1, 0.15) is 19.8 Å². The van der Waals surface area contributed by atoms with Crippen LogP contribution in [0, 0.1) is 6.07 Å². The van der Waals surface area contributed by atoms with Crippen LogP contribution in [0.25, 0.3) is 0 Å². The van der Waals surface area contributed by atoms with Crippen LogP contribution in [0.4, 0.5) is 16.2 Å². The monoisotopic (exact) mass is 345 g/mol.